The zero-order valence-electron chi connectivity index (χ0n) is 7.88. The van der Waals surface area contributed by atoms with E-state index in [9.17, 15) is 0 Å². The van der Waals surface area contributed by atoms with E-state index in [1.807, 2.05) is 0 Å². The zero-order valence-corrected chi connectivity index (χ0v) is 8.70. The highest BCUT2D eigenvalue weighted by Gasteiger charge is 2.34. The minimum Gasteiger partial charge on any atom is -0.317 e. The van der Waals surface area contributed by atoms with Gasteiger partial charge < -0.3 is 5.32 Å². The Bertz CT molecular complexity index is 140. The van der Waals surface area contributed by atoms with Gasteiger partial charge in [-0.25, -0.2) is 0 Å². The summed E-state index contributed by atoms with van der Waals surface area (Å²) in [5.41, 5.74) is 0. The van der Waals surface area contributed by atoms with Crippen LogP contribution in [-0.2, 0) is 0 Å². The predicted molar refractivity (Wildman–Crippen MR) is 55.7 cm³/mol. The fraction of sp³-hybridized carbons (Fsp3) is 1.00. The Kier molecular flexibility index (Phi) is 2.97. The van der Waals surface area contributed by atoms with Crippen LogP contribution in [0, 0.1) is 5.92 Å². The van der Waals surface area contributed by atoms with Gasteiger partial charge in [0.2, 0.25) is 0 Å². The molecule has 12 heavy (non-hydrogen) atoms. The fourth-order valence-electron chi connectivity index (χ4n) is 2.71. The minimum absolute atomic E-state index is 0.830. The van der Waals surface area contributed by atoms with Crippen LogP contribution in [0.5, 0.6) is 0 Å². The third-order valence-electron chi connectivity index (χ3n) is 3.40. The van der Waals surface area contributed by atoms with Gasteiger partial charge in [0, 0.05) is 11.3 Å². The quantitative estimate of drug-likeness (QED) is 0.672. The summed E-state index contributed by atoms with van der Waals surface area (Å²) < 4.78 is 0. The first-order valence-electron chi connectivity index (χ1n) is 5.20. The van der Waals surface area contributed by atoms with Crippen molar-refractivity contribution in [1.82, 2.24) is 5.32 Å². The summed E-state index contributed by atoms with van der Waals surface area (Å²) in [4.78, 5) is 0. The third-order valence-corrected chi connectivity index (χ3v) is 4.89. The van der Waals surface area contributed by atoms with Crippen LogP contribution >= 0.6 is 11.8 Å². The lowest BCUT2D eigenvalue weighted by Gasteiger charge is -2.40. The first kappa shape index (κ1) is 8.89. The van der Waals surface area contributed by atoms with Gasteiger partial charge in [0.15, 0.2) is 0 Å². The molecular formula is C10H19NS. The Hall–Kier alpha value is 0.310. The van der Waals surface area contributed by atoms with Gasteiger partial charge in [0.1, 0.15) is 0 Å². The van der Waals surface area contributed by atoms with Gasteiger partial charge in [-0.05, 0) is 38.0 Å². The summed E-state index contributed by atoms with van der Waals surface area (Å²) in [6, 6.07) is 0.830. The summed E-state index contributed by atoms with van der Waals surface area (Å²) in [5.74, 6) is 2.37. The molecule has 3 atom stereocenters. The van der Waals surface area contributed by atoms with E-state index in [2.05, 4.69) is 24.1 Å². The Balaban J connectivity index is 1.99. The van der Waals surface area contributed by atoms with Gasteiger partial charge in [-0.15, -0.1) is 0 Å². The van der Waals surface area contributed by atoms with Crippen LogP contribution in [0.3, 0.4) is 0 Å². The molecule has 1 saturated carbocycles. The molecule has 0 amide bonds. The summed E-state index contributed by atoms with van der Waals surface area (Å²) in [6.07, 6.45) is 7.30. The average Bonchev–Trinajstić information content (AvgIpc) is 2.17. The fourth-order valence-corrected chi connectivity index (χ4v) is 4.31. The van der Waals surface area contributed by atoms with E-state index in [1.165, 1.54) is 37.9 Å². The van der Waals surface area contributed by atoms with Gasteiger partial charge in [-0.3, -0.25) is 0 Å². The van der Waals surface area contributed by atoms with E-state index in [-0.39, 0.29) is 0 Å². The molecule has 2 fully saturated rings. The average molecular weight is 185 g/mol. The highest BCUT2D eigenvalue weighted by atomic mass is 32.2. The van der Waals surface area contributed by atoms with E-state index in [0.717, 1.165) is 17.2 Å². The van der Waals surface area contributed by atoms with Gasteiger partial charge in [0.25, 0.3) is 0 Å². The Labute approximate surface area is 79.7 Å². The van der Waals surface area contributed by atoms with E-state index in [4.69, 9.17) is 0 Å². The second-order valence-electron chi connectivity index (χ2n) is 4.04. The molecule has 1 aliphatic heterocycles. The summed E-state index contributed by atoms with van der Waals surface area (Å²) in [6.45, 7) is 0. The number of nitrogens with one attached hydrogen (secondary N) is 1. The maximum absolute atomic E-state index is 3.49. The van der Waals surface area contributed by atoms with E-state index < -0.39 is 0 Å². The third kappa shape index (κ3) is 1.64. The van der Waals surface area contributed by atoms with Gasteiger partial charge in [0.05, 0.1) is 0 Å². The molecule has 70 valence electrons. The van der Waals surface area contributed by atoms with E-state index in [0.29, 0.717) is 0 Å². The Morgan fingerprint density at radius 1 is 1.17 bits per heavy atom. The standard InChI is InChI=1S/C10H19NS/c1-11-9-6-7-12-10-5-3-2-4-8(9)10/h8-11H,2-7H2,1H3/t8?,9-,10?/m1/s1. The normalized spacial score (nSPS) is 42.2. The molecule has 0 aromatic heterocycles. The Morgan fingerprint density at radius 2 is 2.00 bits per heavy atom. The van der Waals surface area contributed by atoms with Crippen molar-refractivity contribution in [3.05, 3.63) is 0 Å². The maximum atomic E-state index is 3.49. The first-order valence-corrected chi connectivity index (χ1v) is 6.25. The van der Waals surface area contributed by atoms with Crippen LogP contribution in [0.2, 0.25) is 0 Å². The highest BCUT2D eigenvalue weighted by Crippen LogP contribution is 2.40. The second-order valence-corrected chi connectivity index (χ2v) is 5.39. The van der Waals surface area contributed by atoms with Crippen molar-refractivity contribution in [2.45, 2.75) is 43.4 Å². The maximum Gasteiger partial charge on any atom is 0.0111 e. The summed E-state index contributed by atoms with van der Waals surface area (Å²) in [7, 11) is 2.13. The molecule has 1 heterocycles. The Morgan fingerprint density at radius 3 is 2.83 bits per heavy atom. The molecule has 0 bridgehead atoms. The van der Waals surface area contributed by atoms with Crippen LogP contribution in [0.15, 0.2) is 0 Å². The SMILES string of the molecule is CN[C@@H]1CCSC2CCCCC21. The number of hydrogen-bond acceptors (Lipinski definition) is 2. The molecule has 0 radical (unpaired) electrons. The van der Waals surface area contributed by atoms with Crippen molar-refractivity contribution >= 4 is 11.8 Å². The monoisotopic (exact) mass is 185 g/mol. The van der Waals surface area contributed by atoms with Crippen LogP contribution in [0.1, 0.15) is 32.1 Å². The lowest BCUT2D eigenvalue weighted by molar-refractivity contribution is 0.274. The highest BCUT2D eigenvalue weighted by molar-refractivity contribution is 7.99. The van der Waals surface area contributed by atoms with Gasteiger partial charge >= 0.3 is 0 Å². The smallest absolute Gasteiger partial charge is 0.0111 e. The zero-order chi connectivity index (χ0) is 8.39. The molecule has 2 heteroatoms. The van der Waals surface area contributed by atoms with Crippen molar-refractivity contribution in [3.63, 3.8) is 0 Å². The number of thioether (sulfide) groups is 1. The molecule has 1 nitrogen and oxygen atoms in total. The van der Waals surface area contributed by atoms with Crippen molar-refractivity contribution in [2.24, 2.45) is 5.92 Å². The van der Waals surface area contributed by atoms with Crippen molar-refractivity contribution in [3.8, 4) is 0 Å². The number of rotatable bonds is 1. The molecule has 1 N–H and O–H groups in total. The van der Waals surface area contributed by atoms with E-state index in [1.54, 1.807) is 0 Å². The molecule has 1 saturated heterocycles. The molecule has 2 rings (SSSR count). The van der Waals surface area contributed by atoms with Crippen LogP contribution < -0.4 is 5.32 Å². The van der Waals surface area contributed by atoms with Crippen molar-refractivity contribution in [1.29, 1.82) is 0 Å². The molecular weight excluding hydrogens is 166 g/mol. The minimum atomic E-state index is 0.830. The molecule has 1 aliphatic carbocycles. The molecule has 2 unspecified atom stereocenters. The molecule has 0 spiro atoms. The summed E-state index contributed by atoms with van der Waals surface area (Å²) >= 11 is 2.23. The summed E-state index contributed by atoms with van der Waals surface area (Å²) in [5, 5.41) is 4.48. The predicted octanol–water partition coefficient (Wildman–Crippen LogP) is 2.27. The van der Waals surface area contributed by atoms with E-state index >= 15 is 0 Å². The van der Waals surface area contributed by atoms with Crippen LogP contribution in [-0.4, -0.2) is 24.1 Å². The van der Waals surface area contributed by atoms with Gasteiger partial charge in [-0.2, -0.15) is 11.8 Å². The first-order chi connectivity index (χ1) is 5.92. The lowest BCUT2D eigenvalue weighted by Crippen LogP contribution is -2.44. The van der Waals surface area contributed by atoms with Gasteiger partial charge in [-0.1, -0.05) is 12.8 Å². The topological polar surface area (TPSA) is 12.0 Å². The molecule has 0 aromatic carbocycles. The number of hydrogen-bond donors (Lipinski definition) is 1. The molecule has 0 aromatic rings. The lowest BCUT2D eigenvalue weighted by atomic mass is 9.82. The largest absolute Gasteiger partial charge is 0.317 e. The number of fused-ring (bicyclic) bond motifs is 1. The molecule has 2 aliphatic rings. The van der Waals surface area contributed by atoms with Crippen molar-refractivity contribution in [2.75, 3.05) is 12.8 Å². The van der Waals surface area contributed by atoms with Crippen LogP contribution in [0.25, 0.3) is 0 Å². The van der Waals surface area contributed by atoms with Crippen molar-refractivity contribution < 1.29 is 0 Å². The van der Waals surface area contributed by atoms with Crippen LogP contribution in [0.4, 0.5) is 0 Å². The second kappa shape index (κ2) is 4.01.